The minimum Gasteiger partial charge on any atom is -0.314 e. The molecule has 84 valence electrons. The van der Waals surface area contributed by atoms with Crippen LogP contribution in [0, 0.1) is 0 Å². The number of fused-ring (bicyclic) bond motifs is 1. The van der Waals surface area contributed by atoms with Crippen molar-refractivity contribution in [3.8, 4) is 0 Å². The van der Waals surface area contributed by atoms with Gasteiger partial charge in [0.05, 0.1) is 6.20 Å². The van der Waals surface area contributed by atoms with Gasteiger partial charge in [0.15, 0.2) is 0 Å². The summed E-state index contributed by atoms with van der Waals surface area (Å²) in [5.74, 6) is 0.799. The average Bonchev–Trinajstić information content (AvgIpc) is 2.74. The summed E-state index contributed by atoms with van der Waals surface area (Å²) in [6.07, 6.45) is 10.7. The summed E-state index contributed by atoms with van der Waals surface area (Å²) < 4.78 is 2.08. The molecular formula is C12H16N4. The number of imidazole rings is 1. The second-order valence-electron chi connectivity index (χ2n) is 4.39. The Labute approximate surface area is 94.7 Å². The lowest BCUT2D eigenvalue weighted by Crippen LogP contribution is -2.35. The number of hydrogen-bond acceptors (Lipinski definition) is 3. The van der Waals surface area contributed by atoms with Crippen LogP contribution in [0.4, 0.5) is 0 Å². The summed E-state index contributed by atoms with van der Waals surface area (Å²) in [6.45, 7) is 1.15. The molecule has 3 rings (SSSR count). The Hall–Kier alpha value is -1.42. The molecule has 0 aliphatic carbocycles. The fourth-order valence-corrected chi connectivity index (χ4v) is 2.38. The van der Waals surface area contributed by atoms with Crippen LogP contribution in [0.1, 0.15) is 25.0 Å². The monoisotopic (exact) mass is 216 g/mol. The van der Waals surface area contributed by atoms with E-state index in [1.54, 1.807) is 6.20 Å². The van der Waals surface area contributed by atoms with Gasteiger partial charge in [-0.1, -0.05) is 6.42 Å². The minimum absolute atomic E-state index is 0.605. The van der Waals surface area contributed by atoms with E-state index < -0.39 is 0 Å². The molecule has 0 saturated carbocycles. The quantitative estimate of drug-likeness (QED) is 0.825. The van der Waals surface area contributed by atoms with Gasteiger partial charge in [-0.3, -0.25) is 4.40 Å². The molecule has 0 amide bonds. The van der Waals surface area contributed by atoms with Crippen LogP contribution in [0.3, 0.4) is 0 Å². The molecule has 1 aliphatic rings. The highest BCUT2D eigenvalue weighted by Crippen LogP contribution is 2.13. The summed E-state index contributed by atoms with van der Waals surface area (Å²) in [7, 11) is 0. The zero-order valence-electron chi connectivity index (χ0n) is 9.26. The van der Waals surface area contributed by atoms with E-state index in [0.29, 0.717) is 6.04 Å². The molecule has 1 fully saturated rings. The van der Waals surface area contributed by atoms with Crippen LogP contribution < -0.4 is 5.32 Å². The molecule has 2 aromatic heterocycles. The second-order valence-corrected chi connectivity index (χ2v) is 4.39. The first-order valence-corrected chi connectivity index (χ1v) is 5.94. The molecule has 1 atom stereocenters. The van der Waals surface area contributed by atoms with Gasteiger partial charge in [-0.05, 0) is 25.5 Å². The summed E-state index contributed by atoms with van der Waals surface area (Å²) in [4.78, 5) is 8.53. The van der Waals surface area contributed by atoms with Crippen molar-refractivity contribution < 1.29 is 0 Å². The van der Waals surface area contributed by atoms with Gasteiger partial charge in [0.2, 0.25) is 5.78 Å². The minimum atomic E-state index is 0.605. The Morgan fingerprint density at radius 3 is 3.25 bits per heavy atom. The van der Waals surface area contributed by atoms with Crippen molar-refractivity contribution in [1.82, 2.24) is 19.7 Å². The Bertz CT molecular complexity index is 471. The summed E-state index contributed by atoms with van der Waals surface area (Å²) in [5, 5.41) is 3.56. The number of nitrogens with zero attached hydrogens (tertiary/aromatic N) is 3. The van der Waals surface area contributed by atoms with Crippen LogP contribution in [0.15, 0.2) is 24.7 Å². The van der Waals surface area contributed by atoms with Crippen LogP contribution >= 0.6 is 0 Å². The van der Waals surface area contributed by atoms with E-state index in [0.717, 1.165) is 18.7 Å². The first-order chi connectivity index (χ1) is 7.93. The molecule has 4 nitrogen and oxygen atoms in total. The first kappa shape index (κ1) is 9.78. The average molecular weight is 216 g/mol. The van der Waals surface area contributed by atoms with E-state index in [2.05, 4.69) is 19.7 Å². The van der Waals surface area contributed by atoms with Gasteiger partial charge in [-0.25, -0.2) is 9.97 Å². The van der Waals surface area contributed by atoms with E-state index in [1.807, 2.05) is 18.5 Å². The van der Waals surface area contributed by atoms with Gasteiger partial charge in [0, 0.05) is 30.6 Å². The highest BCUT2D eigenvalue weighted by molar-refractivity contribution is 5.30. The number of nitrogens with one attached hydrogen (secondary N) is 1. The number of aromatic nitrogens is 3. The molecule has 2 aromatic rings. The zero-order chi connectivity index (χ0) is 10.8. The van der Waals surface area contributed by atoms with Crippen LogP contribution in [0.5, 0.6) is 0 Å². The van der Waals surface area contributed by atoms with Gasteiger partial charge in [-0.2, -0.15) is 0 Å². The Morgan fingerprint density at radius 1 is 1.38 bits per heavy atom. The number of rotatable bonds is 2. The molecule has 4 heteroatoms. The van der Waals surface area contributed by atoms with Gasteiger partial charge in [0.1, 0.15) is 0 Å². The maximum Gasteiger partial charge on any atom is 0.233 e. The molecule has 0 spiro atoms. The summed E-state index contributed by atoms with van der Waals surface area (Å²) >= 11 is 0. The molecule has 1 N–H and O–H groups in total. The van der Waals surface area contributed by atoms with Crippen LogP contribution in [0.25, 0.3) is 5.78 Å². The predicted octanol–water partition coefficient (Wildman–Crippen LogP) is 1.41. The third-order valence-electron chi connectivity index (χ3n) is 3.23. The lowest BCUT2D eigenvalue weighted by atomic mass is 10.0. The largest absolute Gasteiger partial charge is 0.314 e. The topological polar surface area (TPSA) is 42.2 Å². The predicted molar refractivity (Wildman–Crippen MR) is 62.3 cm³/mol. The van der Waals surface area contributed by atoms with Crippen LogP contribution in [-0.2, 0) is 6.42 Å². The van der Waals surface area contributed by atoms with Crippen LogP contribution in [0.2, 0.25) is 0 Å². The fourth-order valence-electron chi connectivity index (χ4n) is 2.38. The molecule has 1 saturated heterocycles. The molecule has 1 aliphatic heterocycles. The van der Waals surface area contributed by atoms with Crippen molar-refractivity contribution in [3.63, 3.8) is 0 Å². The van der Waals surface area contributed by atoms with E-state index in [-0.39, 0.29) is 0 Å². The normalized spacial score (nSPS) is 21.4. The fraction of sp³-hybridized carbons (Fsp3) is 0.500. The molecule has 0 bridgehead atoms. The molecule has 0 radical (unpaired) electrons. The zero-order valence-corrected chi connectivity index (χ0v) is 9.26. The lowest BCUT2D eigenvalue weighted by molar-refractivity contribution is 0.396. The highest BCUT2D eigenvalue weighted by Gasteiger charge is 2.15. The third-order valence-corrected chi connectivity index (χ3v) is 3.23. The van der Waals surface area contributed by atoms with Crippen molar-refractivity contribution in [1.29, 1.82) is 0 Å². The maximum absolute atomic E-state index is 4.31. The van der Waals surface area contributed by atoms with Crippen molar-refractivity contribution in [2.75, 3.05) is 6.54 Å². The van der Waals surface area contributed by atoms with Crippen molar-refractivity contribution in [2.45, 2.75) is 31.7 Å². The van der Waals surface area contributed by atoms with E-state index >= 15 is 0 Å². The SMILES string of the molecule is c1cnc2ncc(CC3CCCCN3)n2c1. The molecule has 3 heterocycles. The first-order valence-electron chi connectivity index (χ1n) is 5.94. The standard InChI is InChI=1S/C12H16N4/c1-2-5-13-10(4-1)8-11-9-15-12-14-6-3-7-16(11)12/h3,6-7,9-10,13H,1-2,4-5,8H2. The van der Waals surface area contributed by atoms with E-state index in [9.17, 15) is 0 Å². The van der Waals surface area contributed by atoms with Crippen molar-refractivity contribution in [2.24, 2.45) is 0 Å². The van der Waals surface area contributed by atoms with Gasteiger partial charge < -0.3 is 5.32 Å². The Morgan fingerprint density at radius 2 is 2.38 bits per heavy atom. The second kappa shape index (κ2) is 4.22. The maximum atomic E-state index is 4.31. The third kappa shape index (κ3) is 1.80. The number of hydrogen-bond donors (Lipinski definition) is 1. The smallest absolute Gasteiger partial charge is 0.233 e. The van der Waals surface area contributed by atoms with Gasteiger partial charge in [0.25, 0.3) is 0 Å². The molecule has 16 heavy (non-hydrogen) atoms. The highest BCUT2D eigenvalue weighted by atomic mass is 15.1. The van der Waals surface area contributed by atoms with E-state index in [4.69, 9.17) is 0 Å². The van der Waals surface area contributed by atoms with Crippen molar-refractivity contribution in [3.05, 3.63) is 30.4 Å². The summed E-state index contributed by atoms with van der Waals surface area (Å²) in [5.41, 5.74) is 1.25. The summed E-state index contributed by atoms with van der Waals surface area (Å²) in [6, 6.07) is 2.56. The van der Waals surface area contributed by atoms with Crippen LogP contribution in [-0.4, -0.2) is 27.0 Å². The molecule has 1 unspecified atom stereocenters. The lowest BCUT2D eigenvalue weighted by Gasteiger charge is -2.22. The van der Waals surface area contributed by atoms with E-state index in [1.165, 1.54) is 25.0 Å². The van der Waals surface area contributed by atoms with Crippen molar-refractivity contribution >= 4 is 5.78 Å². The number of piperidine rings is 1. The molecular weight excluding hydrogens is 200 g/mol. The molecule has 0 aromatic carbocycles. The van der Waals surface area contributed by atoms with Gasteiger partial charge in [-0.15, -0.1) is 0 Å². The Balaban J connectivity index is 1.83. The Kier molecular flexibility index (Phi) is 2.58. The van der Waals surface area contributed by atoms with Gasteiger partial charge >= 0.3 is 0 Å².